The third-order valence-corrected chi connectivity index (χ3v) is 5.79. The Morgan fingerprint density at radius 3 is 2.67 bits per heavy atom. The number of benzene rings is 1. The molecule has 1 heterocycles. The van der Waals surface area contributed by atoms with Crippen molar-refractivity contribution < 1.29 is 31.8 Å². The van der Waals surface area contributed by atoms with Crippen LogP contribution in [0, 0.1) is 5.82 Å². The van der Waals surface area contributed by atoms with Crippen molar-refractivity contribution in [2.45, 2.75) is 36.7 Å². The van der Waals surface area contributed by atoms with Crippen LogP contribution in [-0.2, 0) is 19.8 Å². The fourth-order valence-corrected chi connectivity index (χ4v) is 4.36. The minimum Gasteiger partial charge on any atom is -0.369 e. The monoisotopic (exact) mass is 447 g/mol. The van der Waals surface area contributed by atoms with Crippen LogP contribution in [-0.4, -0.2) is 47.2 Å². The molecule has 2 aromatic rings. The van der Waals surface area contributed by atoms with Gasteiger partial charge in [-0.05, 0) is 31.4 Å². The van der Waals surface area contributed by atoms with Crippen molar-refractivity contribution in [2.24, 2.45) is 0 Å². The van der Waals surface area contributed by atoms with Crippen LogP contribution in [0.1, 0.15) is 19.3 Å². The molecule has 1 aromatic heterocycles. The highest BCUT2D eigenvalue weighted by atomic mass is 35.5. The van der Waals surface area contributed by atoms with E-state index in [1.54, 1.807) is 12.4 Å². The zero-order valence-electron chi connectivity index (χ0n) is 15.6. The largest absolute Gasteiger partial charge is 0.522 e. The smallest absolute Gasteiger partial charge is 0.369 e. The highest BCUT2D eigenvalue weighted by molar-refractivity contribution is 6.30. The van der Waals surface area contributed by atoms with Crippen LogP contribution < -0.4 is 5.32 Å². The molecule has 0 radical (unpaired) electrons. The number of hydrogen-bond acceptors (Lipinski definition) is 4. The maximum atomic E-state index is 13.7. The quantitative estimate of drug-likeness (QED) is 0.495. The predicted molar refractivity (Wildman–Crippen MR) is 98.2 cm³/mol. The normalized spacial score (nSPS) is 24.8. The number of imidazole rings is 1. The molecular formula is C19H18ClF4N3O3. The molecule has 3 fully saturated rings. The summed E-state index contributed by atoms with van der Waals surface area (Å²) in [6.07, 6.45) is 0.976. The van der Waals surface area contributed by atoms with E-state index in [0.717, 1.165) is 0 Å². The molecule has 1 aromatic carbocycles. The molecule has 1 amide bonds. The first-order valence-corrected chi connectivity index (χ1v) is 9.57. The lowest BCUT2D eigenvalue weighted by Crippen LogP contribution is -2.78. The Kier molecular flexibility index (Phi) is 5.27. The first-order chi connectivity index (χ1) is 14.1. The summed E-state index contributed by atoms with van der Waals surface area (Å²) in [6, 6.07) is 4.51. The molecule has 3 saturated carbocycles. The number of carbonyl (C=O) groups is 1. The maximum Gasteiger partial charge on any atom is 0.522 e. The van der Waals surface area contributed by atoms with Crippen molar-refractivity contribution >= 4 is 17.5 Å². The molecule has 11 heteroatoms. The number of hydrogen-bond donors (Lipinski definition) is 1. The standard InChI is InChI=1S/C19H18ClF4N3O3/c20-13-2-1-12(5-14(13)21)15-6-27(11-25-15)18-8-17(9-18,10-18)26-16(28)7-29-3-4-30-19(22,23)24/h1-2,5-6,11H,3-4,7-10H2,(H,26,28). The molecule has 0 spiro atoms. The number of nitrogens with one attached hydrogen (secondary N) is 1. The molecule has 0 saturated heterocycles. The fraction of sp³-hybridized carbons (Fsp3) is 0.474. The molecule has 162 valence electrons. The van der Waals surface area contributed by atoms with Crippen LogP contribution in [0.15, 0.2) is 30.7 Å². The summed E-state index contributed by atoms with van der Waals surface area (Å²) in [5.74, 6) is -0.888. The highest BCUT2D eigenvalue weighted by Crippen LogP contribution is 2.65. The van der Waals surface area contributed by atoms with Gasteiger partial charge in [0.05, 0.1) is 35.8 Å². The van der Waals surface area contributed by atoms with Gasteiger partial charge in [0.1, 0.15) is 12.4 Å². The molecule has 1 N–H and O–H groups in total. The third-order valence-electron chi connectivity index (χ3n) is 5.48. The van der Waals surface area contributed by atoms with Gasteiger partial charge in [-0.2, -0.15) is 0 Å². The van der Waals surface area contributed by atoms with E-state index < -0.39 is 18.8 Å². The lowest BCUT2D eigenvalue weighted by Gasteiger charge is -2.70. The second-order valence-corrected chi connectivity index (χ2v) is 8.13. The van der Waals surface area contributed by atoms with E-state index in [0.29, 0.717) is 30.5 Å². The Morgan fingerprint density at radius 1 is 1.27 bits per heavy atom. The van der Waals surface area contributed by atoms with Crippen LogP contribution in [0.25, 0.3) is 11.3 Å². The third kappa shape index (κ3) is 4.17. The zero-order valence-corrected chi connectivity index (χ0v) is 16.4. The molecule has 0 atom stereocenters. The number of amides is 1. The number of ether oxygens (including phenoxy) is 2. The van der Waals surface area contributed by atoms with Crippen LogP contribution in [0.5, 0.6) is 0 Å². The Hall–Kier alpha value is -2.17. The SMILES string of the molecule is O=C(COCCOC(F)(F)F)NC12CC(n3cnc(-c4ccc(Cl)c(F)c4)c3)(C1)C2. The second kappa shape index (κ2) is 7.51. The van der Waals surface area contributed by atoms with Crippen molar-refractivity contribution in [1.82, 2.24) is 14.9 Å². The summed E-state index contributed by atoms with van der Waals surface area (Å²) in [5.41, 5.74) is 0.796. The summed E-state index contributed by atoms with van der Waals surface area (Å²) in [6.45, 7) is -1.31. The van der Waals surface area contributed by atoms with Gasteiger partial charge < -0.3 is 14.6 Å². The summed E-state index contributed by atoms with van der Waals surface area (Å²) in [7, 11) is 0. The van der Waals surface area contributed by atoms with E-state index in [4.69, 9.17) is 16.3 Å². The van der Waals surface area contributed by atoms with Gasteiger partial charge in [-0.25, -0.2) is 9.37 Å². The first-order valence-electron chi connectivity index (χ1n) is 9.19. The van der Waals surface area contributed by atoms with Gasteiger partial charge in [0.15, 0.2) is 0 Å². The maximum absolute atomic E-state index is 13.7. The molecule has 5 rings (SSSR count). The lowest BCUT2D eigenvalue weighted by molar-refractivity contribution is -0.326. The minimum atomic E-state index is -4.71. The van der Waals surface area contributed by atoms with Gasteiger partial charge in [-0.3, -0.25) is 9.53 Å². The van der Waals surface area contributed by atoms with E-state index in [1.807, 2.05) is 10.8 Å². The fourth-order valence-electron chi connectivity index (χ4n) is 4.24. The minimum absolute atomic E-state index is 0.0483. The van der Waals surface area contributed by atoms with Crippen molar-refractivity contribution in [2.75, 3.05) is 19.8 Å². The van der Waals surface area contributed by atoms with E-state index in [9.17, 15) is 22.4 Å². The predicted octanol–water partition coefficient (Wildman–Crippen LogP) is 3.64. The van der Waals surface area contributed by atoms with Gasteiger partial charge in [-0.1, -0.05) is 17.7 Å². The van der Waals surface area contributed by atoms with Crippen molar-refractivity contribution in [3.8, 4) is 11.3 Å². The van der Waals surface area contributed by atoms with E-state index in [-0.39, 0.29) is 35.2 Å². The lowest BCUT2D eigenvalue weighted by atomic mass is 9.44. The number of aromatic nitrogens is 2. The zero-order chi connectivity index (χ0) is 21.6. The van der Waals surface area contributed by atoms with Gasteiger partial charge in [0.25, 0.3) is 0 Å². The molecule has 2 bridgehead atoms. The van der Waals surface area contributed by atoms with Crippen molar-refractivity contribution in [3.63, 3.8) is 0 Å². The molecule has 3 aliphatic carbocycles. The van der Waals surface area contributed by atoms with Gasteiger partial charge in [0, 0.05) is 17.3 Å². The highest BCUT2D eigenvalue weighted by Gasteiger charge is 2.69. The average molecular weight is 448 g/mol. The number of alkyl halides is 3. The molecule has 0 aliphatic heterocycles. The Morgan fingerprint density at radius 2 is 2.00 bits per heavy atom. The Bertz CT molecular complexity index is 943. The number of halogens is 5. The average Bonchev–Trinajstić information content (AvgIpc) is 3.07. The van der Waals surface area contributed by atoms with E-state index in [2.05, 4.69) is 15.0 Å². The Labute approximate surface area is 174 Å². The van der Waals surface area contributed by atoms with E-state index in [1.165, 1.54) is 12.1 Å². The molecular weight excluding hydrogens is 430 g/mol. The topological polar surface area (TPSA) is 65.4 Å². The van der Waals surface area contributed by atoms with E-state index >= 15 is 0 Å². The molecule has 3 aliphatic rings. The van der Waals surface area contributed by atoms with Gasteiger partial charge >= 0.3 is 6.36 Å². The van der Waals surface area contributed by atoms with Gasteiger partial charge in [-0.15, -0.1) is 13.2 Å². The summed E-state index contributed by atoms with van der Waals surface area (Å²) < 4.78 is 59.7. The van der Waals surface area contributed by atoms with Crippen LogP contribution in [0.2, 0.25) is 5.02 Å². The van der Waals surface area contributed by atoms with Gasteiger partial charge in [0.2, 0.25) is 5.91 Å². The van der Waals surface area contributed by atoms with Crippen LogP contribution >= 0.6 is 11.6 Å². The molecule has 6 nitrogen and oxygen atoms in total. The van der Waals surface area contributed by atoms with Crippen LogP contribution in [0.3, 0.4) is 0 Å². The molecule has 30 heavy (non-hydrogen) atoms. The molecule has 0 unspecified atom stereocenters. The van der Waals surface area contributed by atoms with Crippen molar-refractivity contribution in [3.05, 3.63) is 41.6 Å². The van der Waals surface area contributed by atoms with Crippen molar-refractivity contribution in [1.29, 1.82) is 0 Å². The number of carbonyl (C=O) groups excluding carboxylic acids is 1. The second-order valence-electron chi connectivity index (χ2n) is 7.73. The summed E-state index contributed by atoms with van der Waals surface area (Å²) >= 11 is 5.71. The van der Waals surface area contributed by atoms with Crippen LogP contribution in [0.4, 0.5) is 17.6 Å². The summed E-state index contributed by atoms with van der Waals surface area (Å²) in [5, 5.41) is 2.94. The number of rotatable bonds is 8. The summed E-state index contributed by atoms with van der Waals surface area (Å²) in [4.78, 5) is 16.3. The first kappa shape index (κ1) is 21.1. The number of nitrogens with zero attached hydrogens (tertiary/aromatic N) is 2. The Balaban J connectivity index is 1.24.